The van der Waals surface area contributed by atoms with Crippen LogP contribution in [-0.2, 0) is 0 Å². The van der Waals surface area contributed by atoms with Gasteiger partial charge in [0.05, 0.1) is 6.04 Å². The van der Waals surface area contributed by atoms with Gasteiger partial charge in [-0.2, -0.15) is 0 Å². The molecule has 28 heavy (non-hydrogen) atoms. The molecule has 0 saturated carbocycles. The maximum atomic E-state index is 13.8. The maximum Gasteiger partial charge on any atom is 0.123 e. The average Bonchev–Trinajstić information content (AvgIpc) is 2.70. The van der Waals surface area contributed by atoms with Gasteiger partial charge in [0, 0.05) is 27.7 Å². The zero-order valence-electron chi connectivity index (χ0n) is 16.0. The van der Waals surface area contributed by atoms with Crippen LogP contribution in [0.2, 0.25) is 5.02 Å². The lowest BCUT2D eigenvalue weighted by Gasteiger charge is -2.33. The average molecular weight is 395 g/mol. The molecule has 0 bridgehead atoms. The predicted molar refractivity (Wildman–Crippen MR) is 114 cm³/mol. The van der Waals surface area contributed by atoms with Crippen LogP contribution in [0.1, 0.15) is 48.4 Å². The second-order valence-electron chi connectivity index (χ2n) is 7.45. The van der Waals surface area contributed by atoms with Crippen LogP contribution in [0.5, 0.6) is 0 Å². The van der Waals surface area contributed by atoms with Crippen LogP contribution in [-0.4, -0.2) is 0 Å². The number of benzene rings is 2. The Kier molecular flexibility index (Phi) is 5.27. The van der Waals surface area contributed by atoms with Crippen LogP contribution in [0.15, 0.2) is 72.1 Å². The summed E-state index contributed by atoms with van der Waals surface area (Å²) in [6.45, 7) is 6.15. The van der Waals surface area contributed by atoms with Crippen molar-refractivity contribution in [1.82, 2.24) is 10.6 Å². The molecule has 2 aromatic rings. The van der Waals surface area contributed by atoms with E-state index in [9.17, 15) is 4.39 Å². The maximum absolute atomic E-state index is 13.8. The highest BCUT2D eigenvalue weighted by Gasteiger charge is 2.26. The van der Waals surface area contributed by atoms with E-state index in [-0.39, 0.29) is 11.9 Å². The van der Waals surface area contributed by atoms with E-state index in [0.29, 0.717) is 5.70 Å². The first-order valence-corrected chi connectivity index (χ1v) is 10.1. The molecule has 1 atom stereocenters. The Morgan fingerprint density at radius 2 is 1.96 bits per heavy atom. The Balaban J connectivity index is 1.69. The van der Waals surface area contributed by atoms with E-state index in [1.807, 2.05) is 31.2 Å². The molecule has 4 heteroatoms. The van der Waals surface area contributed by atoms with Gasteiger partial charge in [-0.1, -0.05) is 42.4 Å². The van der Waals surface area contributed by atoms with Crippen LogP contribution in [0.25, 0.3) is 5.70 Å². The van der Waals surface area contributed by atoms with Crippen LogP contribution < -0.4 is 10.6 Å². The van der Waals surface area contributed by atoms with Crippen LogP contribution in [0.4, 0.5) is 4.39 Å². The van der Waals surface area contributed by atoms with Gasteiger partial charge in [0.1, 0.15) is 5.82 Å². The third-order valence-electron chi connectivity index (χ3n) is 5.51. The number of rotatable bonds is 4. The third-order valence-corrected chi connectivity index (χ3v) is 5.85. The summed E-state index contributed by atoms with van der Waals surface area (Å²) in [6, 6.07) is 12.7. The minimum atomic E-state index is -0.255. The van der Waals surface area contributed by atoms with Gasteiger partial charge in [-0.15, -0.1) is 0 Å². The quantitative estimate of drug-likeness (QED) is 0.626. The summed E-state index contributed by atoms with van der Waals surface area (Å²) in [5.41, 5.74) is 7.16. The molecule has 1 unspecified atom stereocenters. The van der Waals surface area contributed by atoms with E-state index in [0.717, 1.165) is 40.3 Å². The van der Waals surface area contributed by atoms with Crippen molar-refractivity contribution >= 4 is 17.3 Å². The Labute approximate surface area is 170 Å². The molecule has 0 amide bonds. The van der Waals surface area contributed by atoms with Crippen molar-refractivity contribution in [1.29, 1.82) is 0 Å². The Hall–Kier alpha value is -2.52. The number of halogens is 2. The van der Waals surface area contributed by atoms with Crippen molar-refractivity contribution in [3.8, 4) is 0 Å². The zero-order chi connectivity index (χ0) is 19.7. The van der Waals surface area contributed by atoms with Crippen LogP contribution in [0, 0.1) is 12.7 Å². The molecule has 0 aromatic heterocycles. The van der Waals surface area contributed by atoms with Crippen molar-refractivity contribution in [3.63, 3.8) is 0 Å². The van der Waals surface area contributed by atoms with Gasteiger partial charge in [-0.3, -0.25) is 0 Å². The first-order valence-electron chi connectivity index (χ1n) is 9.70. The lowest BCUT2D eigenvalue weighted by Crippen LogP contribution is -2.30. The fourth-order valence-corrected chi connectivity index (χ4v) is 4.27. The summed E-state index contributed by atoms with van der Waals surface area (Å²) >= 11 is 6.46. The highest BCUT2D eigenvalue weighted by molar-refractivity contribution is 6.31. The Morgan fingerprint density at radius 1 is 1.18 bits per heavy atom. The molecule has 0 spiro atoms. The molecule has 0 radical (unpaired) electrons. The summed E-state index contributed by atoms with van der Waals surface area (Å²) in [4.78, 5) is 0. The van der Waals surface area contributed by atoms with Crippen LogP contribution >= 0.6 is 11.6 Å². The highest BCUT2D eigenvalue weighted by Crippen LogP contribution is 2.37. The molecular formula is C24H24ClFN2. The van der Waals surface area contributed by atoms with Gasteiger partial charge < -0.3 is 10.6 Å². The molecule has 4 rings (SSSR count). The summed E-state index contributed by atoms with van der Waals surface area (Å²) in [6.07, 6.45) is 6.57. The first-order chi connectivity index (χ1) is 13.5. The topological polar surface area (TPSA) is 24.1 Å². The van der Waals surface area contributed by atoms with E-state index in [4.69, 9.17) is 11.6 Å². The second-order valence-corrected chi connectivity index (χ2v) is 7.86. The number of dihydropyridines is 1. The van der Waals surface area contributed by atoms with Crippen molar-refractivity contribution < 1.29 is 4.39 Å². The highest BCUT2D eigenvalue weighted by atomic mass is 35.5. The van der Waals surface area contributed by atoms with Gasteiger partial charge in [0.2, 0.25) is 0 Å². The van der Waals surface area contributed by atoms with E-state index in [1.54, 1.807) is 6.07 Å². The van der Waals surface area contributed by atoms with Gasteiger partial charge in [-0.25, -0.2) is 4.39 Å². The smallest absolute Gasteiger partial charge is 0.123 e. The molecule has 1 aliphatic heterocycles. The molecule has 2 aliphatic rings. The SMILES string of the molecule is C=C(NC1=CC(c2ccccc2Cl)NC2=C1CCCC2)c1cc(F)ccc1C. The summed E-state index contributed by atoms with van der Waals surface area (Å²) < 4.78 is 13.8. The third kappa shape index (κ3) is 3.72. The van der Waals surface area contributed by atoms with Gasteiger partial charge in [0.25, 0.3) is 0 Å². The van der Waals surface area contributed by atoms with Crippen molar-refractivity contribution in [2.24, 2.45) is 0 Å². The number of hydrogen-bond acceptors (Lipinski definition) is 2. The van der Waals surface area contributed by atoms with Crippen LogP contribution in [0.3, 0.4) is 0 Å². The van der Waals surface area contributed by atoms with Gasteiger partial charge in [-0.05, 0) is 73.6 Å². The summed E-state index contributed by atoms with van der Waals surface area (Å²) in [5.74, 6) is -0.255. The minimum absolute atomic E-state index is 0.00513. The molecule has 2 aromatic carbocycles. The molecular weight excluding hydrogens is 371 g/mol. The van der Waals surface area contributed by atoms with Gasteiger partial charge in [0.15, 0.2) is 0 Å². The normalized spacial score (nSPS) is 18.8. The fraction of sp³-hybridized carbons (Fsp3) is 0.250. The molecule has 0 saturated heterocycles. The van der Waals surface area contributed by atoms with E-state index < -0.39 is 0 Å². The van der Waals surface area contributed by atoms with Crippen molar-refractivity contribution in [3.05, 3.63) is 99.6 Å². The predicted octanol–water partition coefficient (Wildman–Crippen LogP) is 6.40. The largest absolute Gasteiger partial charge is 0.378 e. The summed E-state index contributed by atoms with van der Waals surface area (Å²) in [5, 5.41) is 7.89. The number of hydrogen-bond donors (Lipinski definition) is 2. The molecule has 0 fully saturated rings. The molecule has 1 aliphatic carbocycles. The molecule has 1 heterocycles. The lowest BCUT2D eigenvalue weighted by molar-refractivity contribution is 0.570. The first kappa shape index (κ1) is 18.8. The van der Waals surface area contributed by atoms with Crippen molar-refractivity contribution in [2.45, 2.75) is 38.6 Å². The number of aryl methyl sites for hydroxylation is 1. The van der Waals surface area contributed by atoms with E-state index >= 15 is 0 Å². The van der Waals surface area contributed by atoms with E-state index in [1.165, 1.54) is 36.2 Å². The van der Waals surface area contributed by atoms with Crippen molar-refractivity contribution in [2.75, 3.05) is 0 Å². The molecule has 2 nitrogen and oxygen atoms in total. The molecule has 2 N–H and O–H groups in total. The summed E-state index contributed by atoms with van der Waals surface area (Å²) in [7, 11) is 0. The fourth-order valence-electron chi connectivity index (χ4n) is 4.02. The zero-order valence-corrected chi connectivity index (χ0v) is 16.7. The Bertz CT molecular complexity index is 990. The number of allylic oxidation sites excluding steroid dienone is 2. The standard InChI is InChI=1S/C24H24ClFN2/c1-15-11-12-17(26)13-20(15)16(2)27-24-14-23(18-7-3-5-9-21(18)25)28-22-10-6-4-8-19(22)24/h3,5,7,9,11-14,23,27-28H,2,4,6,8,10H2,1H3. The second kappa shape index (κ2) is 7.84. The Morgan fingerprint density at radius 3 is 2.79 bits per heavy atom. The lowest BCUT2D eigenvalue weighted by atomic mass is 9.88. The van der Waals surface area contributed by atoms with Gasteiger partial charge >= 0.3 is 0 Å². The van der Waals surface area contributed by atoms with E-state index in [2.05, 4.69) is 23.3 Å². The number of nitrogens with one attached hydrogen (secondary N) is 2. The minimum Gasteiger partial charge on any atom is -0.378 e. The molecule has 144 valence electrons. The monoisotopic (exact) mass is 394 g/mol.